The van der Waals surface area contributed by atoms with Crippen molar-refractivity contribution in [2.45, 2.75) is 62.3 Å². The number of amides is 1. The Balaban J connectivity index is 1.86. The maximum Gasteiger partial charge on any atom is 0.240 e. The second-order valence-corrected chi connectivity index (χ2v) is 6.53. The molecule has 0 aliphatic heterocycles. The first-order valence-electron chi connectivity index (χ1n) is 6.37. The van der Waals surface area contributed by atoms with Gasteiger partial charge in [0.15, 0.2) is 0 Å². The maximum atomic E-state index is 12.0. The molecule has 2 aliphatic carbocycles. The van der Waals surface area contributed by atoms with Crippen molar-refractivity contribution in [3.05, 3.63) is 0 Å². The Kier molecular flexibility index (Phi) is 3.80. The summed E-state index contributed by atoms with van der Waals surface area (Å²) >= 11 is 1.97. The monoisotopic (exact) mass is 242 g/mol. The molecule has 2 aliphatic rings. The van der Waals surface area contributed by atoms with E-state index in [1.165, 1.54) is 12.8 Å². The molecule has 2 rings (SSSR count). The normalized spacial score (nSPS) is 32.1. The maximum absolute atomic E-state index is 12.0. The van der Waals surface area contributed by atoms with Gasteiger partial charge in [0, 0.05) is 11.3 Å². The van der Waals surface area contributed by atoms with Gasteiger partial charge >= 0.3 is 0 Å². The van der Waals surface area contributed by atoms with Gasteiger partial charge in [-0.3, -0.25) is 4.79 Å². The standard InChI is InChI=1S/C12H22N2OS/c1-2-16-10-6-3-5-9(10)14-11(15)12(13)7-4-8-12/h9-10H,2-8,13H2,1H3,(H,14,15). The average molecular weight is 242 g/mol. The minimum absolute atomic E-state index is 0.0901. The molecule has 0 aromatic carbocycles. The van der Waals surface area contributed by atoms with E-state index < -0.39 is 5.54 Å². The fourth-order valence-electron chi connectivity index (χ4n) is 2.60. The van der Waals surface area contributed by atoms with Crippen LogP contribution in [0.2, 0.25) is 0 Å². The lowest BCUT2D eigenvalue weighted by Crippen LogP contribution is -2.60. The van der Waals surface area contributed by atoms with Gasteiger partial charge in [0.1, 0.15) is 0 Å². The van der Waals surface area contributed by atoms with E-state index in [1.807, 2.05) is 11.8 Å². The Morgan fingerprint density at radius 3 is 2.75 bits per heavy atom. The molecular formula is C12H22N2OS. The van der Waals surface area contributed by atoms with Gasteiger partial charge in [0.05, 0.1) is 5.54 Å². The highest BCUT2D eigenvalue weighted by atomic mass is 32.2. The van der Waals surface area contributed by atoms with Crippen LogP contribution < -0.4 is 11.1 Å². The summed E-state index contributed by atoms with van der Waals surface area (Å²) in [6, 6.07) is 0.360. The number of carbonyl (C=O) groups is 1. The molecule has 2 saturated carbocycles. The van der Waals surface area contributed by atoms with Crippen molar-refractivity contribution >= 4 is 17.7 Å². The molecule has 92 valence electrons. The molecule has 0 radical (unpaired) electrons. The largest absolute Gasteiger partial charge is 0.351 e. The highest BCUT2D eigenvalue weighted by Gasteiger charge is 2.42. The second kappa shape index (κ2) is 4.96. The van der Waals surface area contributed by atoms with Crippen LogP contribution in [-0.2, 0) is 4.79 Å². The van der Waals surface area contributed by atoms with Crippen molar-refractivity contribution in [1.29, 1.82) is 0 Å². The van der Waals surface area contributed by atoms with Crippen LogP contribution in [0, 0.1) is 0 Å². The molecule has 2 fully saturated rings. The van der Waals surface area contributed by atoms with E-state index in [9.17, 15) is 4.79 Å². The van der Waals surface area contributed by atoms with Gasteiger partial charge in [-0.25, -0.2) is 0 Å². The zero-order chi connectivity index (χ0) is 11.6. The predicted molar refractivity (Wildman–Crippen MR) is 68.5 cm³/mol. The lowest BCUT2D eigenvalue weighted by molar-refractivity contribution is -0.129. The van der Waals surface area contributed by atoms with Gasteiger partial charge < -0.3 is 11.1 Å². The summed E-state index contributed by atoms with van der Waals surface area (Å²) in [7, 11) is 0. The number of rotatable bonds is 4. The van der Waals surface area contributed by atoms with Crippen molar-refractivity contribution in [3.8, 4) is 0 Å². The molecule has 1 amide bonds. The molecule has 0 spiro atoms. The number of hydrogen-bond donors (Lipinski definition) is 2. The summed E-state index contributed by atoms with van der Waals surface area (Å²) in [6.45, 7) is 2.18. The van der Waals surface area contributed by atoms with Gasteiger partial charge in [-0.1, -0.05) is 13.3 Å². The van der Waals surface area contributed by atoms with Crippen molar-refractivity contribution in [2.24, 2.45) is 5.73 Å². The number of carbonyl (C=O) groups excluding carboxylic acids is 1. The molecule has 0 bridgehead atoms. The van der Waals surface area contributed by atoms with Crippen LogP contribution in [0.5, 0.6) is 0 Å². The summed E-state index contributed by atoms with van der Waals surface area (Å²) in [5.74, 6) is 1.22. The van der Waals surface area contributed by atoms with E-state index >= 15 is 0 Å². The molecule has 0 saturated heterocycles. The highest BCUT2D eigenvalue weighted by molar-refractivity contribution is 7.99. The minimum Gasteiger partial charge on any atom is -0.351 e. The fourth-order valence-corrected chi connectivity index (χ4v) is 3.80. The lowest BCUT2D eigenvalue weighted by atomic mass is 9.77. The van der Waals surface area contributed by atoms with Gasteiger partial charge in [0.2, 0.25) is 5.91 Å². The molecule has 16 heavy (non-hydrogen) atoms. The zero-order valence-electron chi connectivity index (χ0n) is 10.00. The van der Waals surface area contributed by atoms with E-state index in [4.69, 9.17) is 5.73 Å². The Morgan fingerprint density at radius 2 is 2.19 bits per heavy atom. The zero-order valence-corrected chi connectivity index (χ0v) is 10.8. The van der Waals surface area contributed by atoms with Gasteiger partial charge in [-0.05, 0) is 37.9 Å². The van der Waals surface area contributed by atoms with Crippen LogP contribution in [0.25, 0.3) is 0 Å². The first kappa shape index (κ1) is 12.2. The molecule has 2 unspecified atom stereocenters. The average Bonchev–Trinajstić information content (AvgIpc) is 2.63. The van der Waals surface area contributed by atoms with Gasteiger partial charge in [-0.15, -0.1) is 0 Å². The topological polar surface area (TPSA) is 55.1 Å². The van der Waals surface area contributed by atoms with Crippen LogP contribution in [-0.4, -0.2) is 28.5 Å². The van der Waals surface area contributed by atoms with Crippen LogP contribution in [0.15, 0.2) is 0 Å². The third-order valence-corrected chi connectivity index (χ3v) is 5.17. The summed E-state index contributed by atoms with van der Waals surface area (Å²) in [4.78, 5) is 12.0. The Morgan fingerprint density at radius 1 is 1.44 bits per heavy atom. The molecule has 2 atom stereocenters. The predicted octanol–water partition coefficient (Wildman–Crippen LogP) is 1.66. The molecule has 3 nitrogen and oxygen atoms in total. The van der Waals surface area contributed by atoms with E-state index in [0.717, 1.165) is 31.4 Å². The van der Waals surface area contributed by atoms with E-state index in [-0.39, 0.29) is 5.91 Å². The van der Waals surface area contributed by atoms with Crippen LogP contribution >= 0.6 is 11.8 Å². The van der Waals surface area contributed by atoms with Crippen molar-refractivity contribution in [2.75, 3.05) is 5.75 Å². The molecule has 0 aromatic heterocycles. The van der Waals surface area contributed by atoms with Crippen LogP contribution in [0.1, 0.15) is 45.4 Å². The number of hydrogen-bond acceptors (Lipinski definition) is 3. The third-order valence-electron chi connectivity index (χ3n) is 3.85. The lowest BCUT2D eigenvalue weighted by Gasteiger charge is -2.37. The quantitative estimate of drug-likeness (QED) is 0.788. The van der Waals surface area contributed by atoms with Crippen molar-refractivity contribution in [1.82, 2.24) is 5.32 Å². The van der Waals surface area contributed by atoms with Crippen LogP contribution in [0.4, 0.5) is 0 Å². The molecule has 0 heterocycles. The Bertz CT molecular complexity index is 266. The molecule has 3 N–H and O–H groups in total. The molecule has 0 aromatic rings. The van der Waals surface area contributed by atoms with Crippen LogP contribution in [0.3, 0.4) is 0 Å². The van der Waals surface area contributed by atoms with E-state index in [0.29, 0.717) is 11.3 Å². The van der Waals surface area contributed by atoms with Crippen molar-refractivity contribution in [3.63, 3.8) is 0 Å². The Hall–Kier alpha value is -0.220. The first-order chi connectivity index (χ1) is 7.65. The molecule has 4 heteroatoms. The fraction of sp³-hybridized carbons (Fsp3) is 0.917. The van der Waals surface area contributed by atoms with Gasteiger partial charge in [0.25, 0.3) is 0 Å². The van der Waals surface area contributed by atoms with E-state index in [1.54, 1.807) is 0 Å². The smallest absolute Gasteiger partial charge is 0.240 e. The SMILES string of the molecule is CCSC1CCCC1NC(=O)C1(N)CCC1. The Labute approximate surface area is 102 Å². The minimum atomic E-state index is -0.538. The number of nitrogens with one attached hydrogen (secondary N) is 1. The highest BCUT2D eigenvalue weighted by Crippen LogP contribution is 2.33. The summed E-state index contributed by atoms with van der Waals surface area (Å²) in [6.07, 6.45) is 6.41. The van der Waals surface area contributed by atoms with Crippen molar-refractivity contribution < 1.29 is 4.79 Å². The number of nitrogens with two attached hydrogens (primary N) is 1. The van der Waals surface area contributed by atoms with Gasteiger partial charge in [-0.2, -0.15) is 11.8 Å². The second-order valence-electron chi connectivity index (χ2n) is 5.01. The molecular weight excluding hydrogens is 220 g/mol. The van der Waals surface area contributed by atoms with E-state index in [2.05, 4.69) is 12.2 Å². The summed E-state index contributed by atoms with van der Waals surface area (Å²) in [5.41, 5.74) is 5.49. The summed E-state index contributed by atoms with van der Waals surface area (Å²) < 4.78 is 0. The summed E-state index contributed by atoms with van der Waals surface area (Å²) in [5, 5.41) is 3.78. The third kappa shape index (κ3) is 2.38. The number of thioether (sulfide) groups is 1. The first-order valence-corrected chi connectivity index (χ1v) is 7.42.